The average molecular weight is 469 g/mol. The maximum atomic E-state index is 14.1. The van der Waals surface area contributed by atoms with Gasteiger partial charge in [0.05, 0.1) is 11.3 Å². The van der Waals surface area contributed by atoms with E-state index in [-0.39, 0.29) is 17.1 Å². The molecule has 1 N–H and O–H groups in total. The summed E-state index contributed by atoms with van der Waals surface area (Å²) >= 11 is 0. The van der Waals surface area contributed by atoms with E-state index in [0.717, 1.165) is 67.7 Å². The van der Waals surface area contributed by atoms with Crippen LogP contribution in [0.25, 0.3) is 17.0 Å². The van der Waals surface area contributed by atoms with Gasteiger partial charge < -0.3 is 5.32 Å². The topological polar surface area (TPSA) is 24.9 Å². The van der Waals surface area contributed by atoms with Gasteiger partial charge in [-0.15, -0.1) is 0 Å². The minimum Gasteiger partial charge on any atom is -0.340 e. The molecule has 0 amide bonds. The Hall–Kier alpha value is -3.15. The Kier molecular flexibility index (Phi) is 7.05. The molecule has 34 heavy (non-hydrogen) atoms. The smallest absolute Gasteiger partial charge is 0.340 e. The molecule has 1 aliphatic rings. The first-order valence-electron chi connectivity index (χ1n) is 11.7. The van der Waals surface area contributed by atoms with Crippen molar-refractivity contribution < 1.29 is 17.6 Å². The van der Waals surface area contributed by atoms with Crippen molar-refractivity contribution in [1.82, 2.24) is 4.98 Å². The van der Waals surface area contributed by atoms with E-state index in [2.05, 4.69) is 23.8 Å². The highest BCUT2D eigenvalue weighted by Gasteiger charge is 2.34. The monoisotopic (exact) mass is 468 g/mol. The van der Waals surface area contributed by atoms with E-state index < -0.39 is 11.7 Å². The van der Waals surface area contributed by atoms with Gasteiger partial charge in [0, 0.05) is 16.8 Å². The Bertz CT molecular complexity index is 1200. The van der Waals surface area contributed by atoms with Crippen LogP contribution in [0.2, 0.25) is 0 Å². The number of pyridine rings is 1. The van der Waals surface area contributed by atoms with Gasteiger partial charge in [-0.2, -0.15) is 13.2 Å². The van der Waals surface area contributed by atoms with Crippen molar-refractivity contribution in [3.05, 3.63) is 88.7 Å². The molecular formula is C28H28F4N2. The van der Waals surface area contributed by atoms with Crippen LogP contribution in [0.3, 0.4) is 0 Å². The first kappa shape index (κ1) is 24.0. The number of benzene rings is 2. The van der Waals surface area contributed by atoms with Crippen LogP contribution in [0.15, 0.2) is 55.1 Å². The third-order valence-corrected chi connectivity index (χ3v) is 6.31. The van der Waals surface area contributed by atoms with Gasteiger partial charge in [0.15, 0.2) is 0 Å². The predicted octanol–water partition coefficient (Wildman–Crippen LogP) is 8.21. The Balaban J connectivity index is 1.77. The minimum atomic E-state index is -4.49. The lowest BCUT2D eigenvalue weighted by Gasteiger charge is -2.23. The number of unbranched alkanes of at least 4 members (excludes halogenated alkanes) is 1. The highest BCUT2D eigenvalue weighted by atomic mass is 19.4. The molecule has 0 bridgehead atoms. The van der Waals surface area contributed by atoms with Gasteiger partial charge in [0.1, 0.15) is 11.6 Å². The molecule has 0 atom stereocenters. The summed E-state index contributed by atoms with van der Waals surface area (Å²) in [5.74, 6) is 0.140. The maximum absolute atomic E-state index is 14.1. The molecule has 1 aromatic heterocycles. The number of aryl methyl sites for hydroxylation is 2. The maximum Gasteiger partial charge on any atom is 0.417 e. The number of halogens is 4. The number of aromatic nitrogens is 1. The average Bonchev–Trinajstić information content (AvgIpc) is 2.82. The summed E-state index contributed by atoms with van der Waals surface area (Å²) in [6.45, 7) is 6.23. The molecule has 4 rings (SSSR count). The van der Waals surface area contributed by atoms with E-state index in [9.17, 15) is 17.6 Å². The van der Waals surface area contributed by atoms with Crippen LogP contribution < -0.4 is 5.32 Å². The van der Waals surface area contributed by atoms with Crippen LogP contribution in [-0.4, -0.2) is 4.98 Å². The number of rotatable bonds is 7. The summed E-state index contributed by atoms with van der Waals surface area (Å²) in [6.07, 6.45) is 1.79. The summed E-state index contributed by atoms with van der Waals surface area (Å²) in [7, 11) is 0. The Morgan fingerprint density at radius 3 is 2.59 bits per heavy atom. The Labute approximate surface area is 197 Å². The number of alkyl halides is 3. The van der Waals surface area contributed by atoms with E-state index in [1.165, 1.54) is 24.3 Å². The molecule has 2 nitrogen and oxygen atoms in total. The summed E-state index contributed by atoms with van der Waals surface area (Å²) in [5.41, 5.74) is 3.73. The Morgan fingerprint density at radius 1 is 1.06 bits per heavy atom. The highest BCUT2D eigenvalue weighted by molar-refractivity contribution is 5.79. The van der Waals surface area contributed by atoms with Crippen LogP contribution in [-0.2, 0) is 25.4 Å². The predicted molar refractivity (Wildman–Crippen MR) is 129 cm³/mol. The van der Waals surface area contributed by atoms with Gasteiger partial charge in [-0.1, -0.05) is 44.2 Å². The van der Waals surface area contributed by atoms with Crippen LogP contribution in [0.1, 0.15) is 60.4 Å². The van der Waals surface area contributed by atoms with Gasteiger partial charge in [-0.05, 0) is 79.5 Å². The van der Waals surface area contributed by atoms with E-state index >= 15 is 0 Å². The van der Waals surface area contributed by atoms with E-state index in [0.29, 0.717) is 17.1 Å². The molecule has 0 saturated heterocycles. The zero-order valence-electron chi connectivity index (χ0n) is 19.2. The first-order chi connectivity index (χ1) is 16.3. The first-order valence-corrected chi connectivity index (χ1v) is 11.7. The number of fused-ring (bicyclic) bond motifs is 1. The second-order valence-corrected chi connectivity index (χ2v) is 8.75. The van der Waals surface area contributed by atoms with Crippen molar-refractivity contribution in [2.24, 2.45) is 0 Å². The largest absolute Gasteiger partial charge is 0.417 e. The number of hydrogen-bond donors (Lipinski definition) is 1. The molecule has 0 fully saturated rings. The quantitative estimate of drug-likeness (QED) is 0.354. The highest BCUT2D eigenvalue weighted by Crippen LogP contribution is 2.39. The number of anilines is 1. The molecule has 0 aliphatic heterocycles. The molecular weight excluding hydrogens is 440 g/mol. The summed E-state index contributed by atoms with van der Waals surface area (Å²) in [5, 5.41) is 3.25. The fraction of sp³-hybridized carbons (Fsp3) is 0.321. The number of nitrogens with zero attached hydrogens (tertiary/aromatic N) is 1. The molecule has 0 unspecified atom stereocenters. The molecule has 6 heteroatoms. The van der Waals surface area contributed by atoms with Gasteiger partial charge in [0.2, 0.25) is 0 Å². The summed E-state index contributed by atoms with van der Waals surface area (Å²) in [6, 6.07) is 11.9. The van der Waals surface area contributed by atoms with Crippen LogP contribution in [0.4, 0.5) is 23.4 Å². The van der Waals surface area contributed by atoms with Crippen LogP contribution in [0.5, 0.6) is 0 Å². The van der Waals surface area contributed by atoms with Crippen molar-refractivity contribution in [2.45, 2.75) is 58.0 Å². The van der Waals surface area contributed by atoms with Crippen LogP contribution >= 0.6 is 0 Å². The fourth-order valence-electron chi connectivity index (χ4n) is 4.56. The molecule has 1 aliphatic carbocycles. The standard InChI is InChI=1S/C28H28F4N2/c1-3-4-9-19-14-15-21(29)17-24(19)18(2)33-27-22-11-6-5-10-20(22)16-26(34-27)23-12-7-8-13-25(23)28(30,31)32/h7-8,12-17H,2-6,9-11H2,1H3,(H,33,34). The lowest BCUT2D eigenvalue weighted by Crippen LogP contribution is -2.13. The second-order valence-electron chi connectivity index (χ2n) is 8.75. The zero-order valence-corrected chi connectivity index (χ0v) is 19.2. The molecule has 1 heterocycles. The Morgan fingerprint density at radius 2 is 1.82 bits per heavy atom. The third-order valence-electron chi connectivity index (χ3n) is 6.31. The lowest BCUT2D eigenvalue weighted by atomic mass is 9.90. The van der Waals surface area contributed by atoms with Crippen LogP contribution in [0, 0.1) is 5.82 Å². The normalized spacial score (nSPS) is 13.4. The summed E-state index contributed by atoms with van der Waals surface area (Å²) < 4.78 is 55.2. The molecule has 3 aromatic rings. The van der Waals surface area contributed by atoms with Gasteiger partial charge in [-0.3, -0.25) is 0 Å². The molecule has 178 valence electrons. The van der Waals surface area contributed by atoms with E-state index in [1.54, 1.807) is 18.2 Å². The zero-order chi connectivity index (χ0) is 24.3. The minimum absolute atomic E-state index is 0.0476. The molecule has 2 aromatic carbocycles. The van der Waals surface area contributed by atoms with Crippen molar-refractivity contribution in [2.75, 3.05) is 5.32 Å². The lowest BCUT2D eigenvalue weighted by molar-refractivity contribution is -0.137. The molecule has 0 spiro atoms. The van der Waals surface area contributed by atoms with Gasteiger partial charge in [-0.25, -0.2) is 9.37 Å². The molecule has 0 saturated carbocycles. The van der Waals surface area contributed by atoms with Gasteiger partial charge >= 0.3 is 6.18 Å². The van der Waals surface area contributed by atoms with E-state index in [1.807, 2.05) is 0 Å². The number of nitrogens with one attached hydrogen (secondary N) is 1. The fourth-order valence-corrected chi connectivity index (χ4v) is 4.56. The third kappa shape index (κ3) is 5.16. The van der Waals surface area contributed by atoms with E-state index in [4.69, 9.17) is 0 Å². The number of hydrogen-bond acceptors (Lipinski definition) is 2. The van der Waals surface area contributed by atoms with Gasteiger partial charge in [0.25, 0.3) is 0 Å². The van der Waals surface area contributed by atoms with Crippen molar-refractivity contribution >= 4 is 11.5 Å². The van der Waals surface area contributed by atoms with Crippen molar-refractivity contribution in [3.8, 4) is 11.3 Å². The SMILES string of the molecule is C=C(Nc1nc(-c2ccccc2C(F)(F)F)cc2c1CCCC2)c1cc(F)ccc1CCCC. The second kappa shape index (κ2) is 10.00. The van der Waals surface area contributed by atoms with Crippen molar-refractivity contribution in [3.63, 3.8) is 0 Å². The summed E-state index contributed by atoms with van der Waals surface area (Å²) in [4.78, 5) is 4.64. The molecule has 0 radical (unpaired) electrons. The van der Waals surface area contributed by atoms with Crippen molar-refractivity contribution in [1.29, 1.82) is 0 Å².